The maximum absolute atomic E-state index is 12.0. The third kappa shape index (κ3) is 9.13. The number of methoxy groups -OCH3 is 1. The molecule has 0 radical (unpaired) electrons. The fraction of sp³-hybridized carbons (Fsp3) is 0.643. The zero-order chi connectivity index (χ0) is 15.5. The van der Waals surface area contributed by atoms with Crippen LogP contribution in [-0.2, 0) is 19.1 Å². The van der Waals surface area contributed by atoms with Crippen molar-refractivity contribution >= 4 is 17.8 Å². The van der Waals surface area contributed by atoms with Crippen molar-refractivity contribution in [2.24, 2.45) is 11.8 Å². The van der Waals surface area contributed by atoms with Gasteiger partial charge in [-0.1, -0.05) is 19.9 Å². The molecule has 0 aliphatic heterocycles. The summed E-state index contributed by atoms with van der Waals surface area (Å²) in [7, 11) is 1.29. The van der Waals surface area contributed by atoms with Gasteiger partial charge >= 0.3 is 5.97 Å². The Kier molecular flexibility index (Phi) is 9.07. The van der Waals surface area contributed by atoms with Crippen molar-refractivity contribution in [2.45, 2.75) is 27.2 Å². The average molecular weight is 284 g/mol. The van der Waals surface area contributed by atoms with Crippen LogP contribution in [0.25, 0.3) is 0 Å². The van der Waals surface area contributed by atoms with Gasteiger partial charge in [0.05, 0.1) is 13.0 Å². The Hall–Kier alpha value is -1.85. The van der Waals surface area contributed by atoms with Crippen molar-refractivity contribution in [3.05, 3.63) is 12.2 Å². The van der Waals surface area contributed by atoms with Crippen molar-refractivity contribution in [3.63, 3.8) is 0 Å². The zero-order valence-corrected chi connectivity index (χ0v) is 12.6. The van der Waals surface area contributed by atoms with E-state index in [9.17, 15) is 14.4 Å². The second-order valence-corrected chi connectivity index (χ2v) is 4.93. The van der Waals surface area contributed by atoms with Gasteiger partial charge in [-0.2, -0.15) is 0 Å². The summed E-state index contributed by atoms with van der Waals surface area (Å²) in [5.41, 5.74) is 0. The lowest BCUT2D eigenvalue weighted by molar-refractivity contribution is -0.135. The van der Waals surface area contributed by atoms with Gasteiger partial charge in [0.15, 0.2) is 0 Å². The van der Waals surface area contributed by atoms with Gasteiger partial charge in [-0.15, -0.1) is 0 Å². The molecule has 0 heterocycles. The molecule has 20 heavy (non-hydrogen) atoms. The van der Waals surface area contributed by atoms with E-state index in [1.807, 2.05) is 13.8 Å². The summed E-state index contributed by atoms with van der Waals surface area (Å²) < 4.78 is 4.44. The Morgan fingerprint density at radius 1 is 1.20 bits per heavy atom. The third-order valence-corrected chi connectivity index (χ3v) is 2.57. The summed E-state index contributed by atoms with van der Waals surface area (Å²) in [6, 6.07) is 0. The summed E-state index contributed by atoms with van der Waals surface area (Å²) in [5.74, 6) is -0.675. The molecule has 0 saturated heterocycles. The summed E-state index contributed by atoms with van der Waals surface area (Å²) >= 11 is 0. The van der Waals surface area contributed by atoms with Crippen LogP contribution in [0.4, 0.5) is 0 Å². The standard InChI is InChI=1S/C14H24N2O4/c1-10(2)8-12(9-16-11(3)17)14(19)15-7-5-6-13(18)20-4/h5-6,10,12H,7-9H2,1-4H3,(H,15,19)(H,16,17)/b6-5+/t12-/m1/s1. The van der Waals surface area contributed by atoms with Gasteiger partial charge in [0.1, 0.15) is 0 Å². The first-order chi connectivity index (χ1) is 9.36. The number of hydrogen-bond acceptors (Lipinski definition) is 4. The normalized spacial score (nSPS) is 12.2. The minimum absolute atomic E-state index is 0.137. The highest BCUT2D eigenvalue weighted by Gasteiger charge is 2.19. The molecule has 0 aliphatic rings. The van der Waals surface area contributed by atoms with Crippen LogP contribution in [0.5, 0.6) is 0 Å². The first-order valence-corrected chi connectivity index (χ1v) is 6.63. The smallest absolute Gasteiger partial charge is 0.330 e. The Morgan fingerprint density at radius 2 is 1.85 bits per heavy atom. The van der Waals surface area contributed by atoms with Crippen LogP contribution in [0.2, 0.25) is 0 Å². The van der Waals surface area contributed by atoms with Crippen molar-refractivity contribution in [2.75, 3.05) is 20.2 Å². The SMILES string of the molecule is COC(=O)/C=C/CNC(=O)[C@@H](CNC(C)=O)CC(C)C. The van der Waals surface area contributed by atoms with E-state index in [2.05, 4.69) is 15.4 Å². The first kappa shape index (κ1) is 18.1. The first-order valence-electron chi connectivity index (χ1n) is 6.63. The van der Waals surface area contributed by atoms with Gasteiger partial charge in [0.25, 0.3) is 0 Å². The summed E-state index contributed by atoms with van der Waals surface area (Å²) in [6.07, 6.45) is 3.47. The molecular formula is C14H24N2O4. The minimum Gasteiger partial charge on any atom is -0.466 e. The molecule has 2 amide bonds. The molecule has 0 saturated carbocycles. The second-order valence-electron chi connectivity index (χ2n) is 4.93. The lowest BCUT2D eigenvalue weighted by Crippen LogP contribution is -2.39. The van der Waals surface area contributed by atoms with Crippen LogP contribution < -0.4 is 10.6 Å². The van der Waals surface area contributed by atoms with E-state index in [0.717, 1.165) is 0 Å². The molecule has 0 rings (SSSR count). The molecule has 0 aliphatic carbocycles. The number of carbonyl (C=O) groups excluding carboxylic acids is 3. The lowest BCUT2D eigenvalue weighted by atomic mass is 9.96. The van der Waals surface area contributed by atoms with E-state index in [1.54, 1.807) is 0 Å². The molecule has 6 nitrogen and oxygen atoms in total. The van der Waals surface area contributed by atoms with E-state index >= 15 is 0 Å². The highest BCUT2D eigenvalue weighted by Crippen LogP contribution is 2.11. The number of carbonyl (C=O) groups is 3. The summed E-state index contributed by atoms with van der Waals surface area (Å²) in [4.78, 5) is 33.8. The highest BCUT2D eigenvalue weighted by molar-refractivity contribution is 5.82. The molecule has 6 heteroatoms. The molecule has 0 aromatic heterocycles. The molecule has 0 bridgehead atoms. The number of esters is 1. The number of rotatable bonds is 8. The largest absolute Gasteiger partial charge is 0.466 e. The quantitative estimate of drug-likeness (QED) is 0.506. The predicted molar refractivity (Wildman–Crippen MR) is 75.8 cm³/mol. The lowest BCUT2D eigenvalue weighted by Gasteiger charge is -2.18. The van der Waals surface area contributed by atoms with Crippen molar-refractivity contribution in [1.82, 2.24) is 10.6 Å². The van der Waals surface area contributed by atoms with E-state index in [4.69, 9.17) is 0 Å². The Morgan fingerprint density at radius 3 is 2.35 bits per heavy atom. The summed E-state index contributed by atoms with van der Waals surface area (Å²) in [5, 5.41) is 5.36. The van der Waals surface area contributed by atoms with Gasteiger partial charge in [-0.05, 0) is 12.3 Å². The molecule has 0 unspecified atom stereocenters. The van der Waals surface area contributed by atoms with Crippen LogP contribution in [0.15, 0.2) is 12.2 Å². The van der Waals surface area contributed by atoms with Gasteiger partial charge in [-0.25, -0.2) is 4.79 Å². The van der Waals surface area contributed by atoms with Crippen molar-refractivity contribution < 1.29 is 19.1 Å². The third-order valence-electron chi connectivity index (χ3n) is 2.57. The van der Waals surface area contributed by atoms with Gasteiger partial charge < -0.3 is 15.4 Å². The highest BCUT2D eigenvalue weighted by atomic mass is 16.5. The van der Waals surface area contributed by atoms with Crippen LogP contribution in [-0.4, -0.2) is 38.0 Å². The topological polar surface area (TPSA) is 84.5 Å². The van der Waals surface area contributed by atoms with Crippen molar-refractivity contribution in [1.29, 1.82) is 0 Å². The zero-order valence-electron chi connectivity index (χ0n) is 12.6. The molecular weight excluding hydrogens is 260 g/mol. The van der Waals surface area contributed by atoms with Crippen LogP contribution >= 0.6 is 0 Å². The number of hydrogen-bond donors (Lipinski definition) is 2. The number of ether oxygens (including phenoxy) is 1. The van der Waals surface area contributed by atoms with Crippen LogP contribution in [0.1, 0.15) is 27.2 Å². The van der Waals surface area contributed by atoms with E-state index in [0.29, 0.717) is 18.9 Å². The fourth-order valence-electron chi connectivity index (χ4n) is 1.65. The summed E-state index contributed by atoms with van der Waals surface area (Å²) in [6.45, 7) is 6.03. The molecule has 0 aromatic carbocycles. The predicted octanol–water partition coefficient (Wildman–Crippen LogP) is 0.630. The van der Waals surface area contributed by atoms with Crippen LogP contribution in [0.3, 0.4) is 0 Å². The minimum atomic E-state index is -0.462. The van der Waals surface area contributed by atoms with E-state index in [1.165, 1.54) is 26.2 Å². The van der Waals surface area contributed by atoms with E-state index in [-0.39, 0.29) is 24.3 Å². The second kappa shape index (κ2) is 10.00. The average Bonchev–Trinajstić information content (AvgIpc) is 2.38. The molecule has 0 spiro atoms. The molecule has 114 valence electrons. The molecule has 0 fully saturated rings. The van der Waals surface area contributed by atoms with Gasteiger partial charge in [0.2, 0.25) is 11.8 Å². The monoisotopic (exact) mass is 284 g/mol. The Balaban J connectivity index is 4.28. The van der Waals surface area contributed by atoms with Gasteiger partial charge in [-0.3, -0.25) is 9.59 Å². The molecule has 2 N–H and O–H groups in total. The fourth-order valence-corrected chi connectivity index (χ4v) is 1.65. The molecule has 1 atom stereocenters. The number of amides is 2. The molecule has 0 aromatic rings. The van der Waals surface area contributed by atoms with Crippen LogP contribution in [0, 0.1) is 11.8 Å². The maximum Gasteiger partial charge on any atom is 0.330 e. The van der Waals surface area contributed by atoms with Gasteiger partial charge in [0, 0.05) is 26.1 Å². The Bertz CT molecular complexity index is 364. The maximum atomic E-state index is 12.0. The Labute approximate surface area is 119 Å². The number of nitrogens with one attached hydrogen (secondary N) is 2. The van der Waals surface area contributed by atoms with Crippen molar-refractivity contribution in [3.8, 4) is 0 Å². The van der Waals surface area contributed by atoms with E-state index < -0.39 is 5.97 Å².